The number of hydrogen-bond acceptors (Lipinski definition) is 1. The van der Waals surface area contributed by atoms with Gasteiger partial charge in [-0.1, -0.05) is 61.2 Å². The summed E-state index contributed by atoms with van der Waals surface area (Å²) in [6, 6.07) is 17.0. The number of carbonyl (C=O) groups excluding carboxylic acids is 1. The molecule has 5 rings (SSSR count). The molecule has 0 aromatic heterocycles. The zero-order chi connectivity index (χ0) is 19.1. The van der Waals surface area contributed by atoms with Crippen LogP contribution in [0.4, 0.5) is 10.5 Å². The summed E-state index contributed by atoms with van der Waals surface area (Å²) < 4.78 is 0. The quantitative estimate of drug-likeness (QED) is 0.587. The molecule has 2 aromatic carbocycles. The van der Waals surface area contributed by atoms with E-state index in [0.717, 1.165) is 30.1 Å². The van der Waals surface area contributed by atoms with Gasteiger partial charge in [-0.05, 0) is 55.4 Å². The van der Waals surface area contributed by atoms with Crippen LogP contribution in [0.25, 0.3) is 0 Å². The first-order valence-electron chi connectivity index (χ1n) is 10.7. The Kier molecular flexibility index (Phi) is 4.80. The smallest absolute Gasteiger partial charge is 0.310 e. The fraction of sp³-hybridized carbons (Fsp3) is 0.458. The van der Waals surface area contributed by atoms with Crippen molar-refractivity contribution in [3.05, 3.63) is 64.7 Å². The Morgan fingerprint density at radius 3 is 2.39 bits per heavy atom. The van der Waals surface area contributed by atoms with E-state index < -0.39 is 0 Å². The lowest BCUT2D eigenvalue weighted by atomic mass is 9.87. The van der Waals surface area contributed by atoms with Gasteiger partial charge in [0.25, 0.3) is 0 Å². The van der Waals surface area contributed by atoms with Gasteiger partial charge in [0.2, 0.25) is 0 Å². The van der Waals surface area contributed by atoms with Crippen molar-refractivity contribution >= 4 is 23.3 Å². The summed E-state index contributed by atoms with van der Waals surface area (Å²) in [6.07, 6.45) is 8.37. The lowest BCUT2D eigenvalue weighted by Gasteiger charge is -2.47. The largest absolute Gasteiger partial charge is 0.325 e. The molecule has 2 aliphatic carbocycles. The molecule has 1 unspecified atom stereocenters. The monoisotopic (exact) mass is 394 g/mol. The SMILES string of the molecule is O=C1N(CC2CC2)c2ccc(Cl)cc2C(c2ccccc2)N1C1CCCCC1. The normalized spacial score (nSPS) is 23.0. The zero-order valence-corrected chi connectivity index (χ0v) is 16.9. The highest BCUT2D eigenvalue weighted by molar-refractivity contribution is 6.30. The van der Waals surface area contributed by atoms with Crippen LogP contribution in [-0.2, 0) is 0 Å². The van der Waals surface area contributed by atoms with Crippen LogP contribution < -0.4 is 4.90 Å². The number of halogens is 1. The molecule has 2 fully saturated rings. The summed E-state index contributed by atoms with van der Waals surface area (Å²) in [7, 11) is 0. The Morgan fingerprint density at radius 2 is 1.68 bits per heavy atom. The van der Waals surface area contributed by atoms with Crippen LogP contribution in [0.2, 0.25) is 5.02 Å². The van der Waals surface area contributed by atoms with Gasteiger partial charge in [0.1, 0.15) is 0 Å². The van der Waals surface area contributed by atoms with Crippen molar-refractivity contribution in [1.29, 1.82) is 0 Å². The molecule has 2 aromatic rings. The minimum atomic E-state index is -0.0547. The molecule has 146 valence electrons. The van der Waals surface area contributed by atoms with Crippen LogP contribution in [0.5, 0.6) is 0 Å². The van der Waals surface area contributed by atoms with Gasteiger partial charge >= 0.3 is 6.03 Å². The van der Waals surface area contributed by atoms with Crippen molar-refractivity contribution in [1.82, 2.24) is 4.90 Å². The number of nitrogens with zero attached hydrogens (tertiary/aromatic N) is 2. The zero-order valence-electron chi connectivity index (χ0n) is 16.2. The van der Waals surface area contributed by atoms with Crippen molar-refractivity contribution in [3.63, 3.8) is 0 Å². The standard InChI is InChI=1S/C24H27ClN2O/c25-19-13-14-22-21(15-19)23(18-7-3-1-4-8-18)27(20-9-5-2-6-10-20)24(28)26(22)16-17-11-12-17/h1,3-4,7-8,13-15,17,20,23H,2,5-6,9-12,16H2. The third-order valence-electron chi connectivity index (χ3n) is 6.53. The van der Waals surface area contributed by atoms with Gasteiger partial charge in [-0.2, -0.15) is 0 Å². The van der Waals surface area contributed by atoms with Gasteiger partial charge in [-0.15, -0.1) is 0 Å². The average Bonchev–Trinajstić information content (AvgIpc) is 3.55. The molecule has 0 radical (unpaired) electrons. The number of rotatable bonds is 4. The number of amides is 2. The van der Waals surface area contributed by atoms with Crippen LogP contribution in [0.1, 0.15) is 62.1 Å². The molecule has 1 atom stereocenters. The number of anilines is 1. The molecule has 0 N–H and O–H groups in total. The predicted molar refractivity (Wildman–Crippen MR) is 114 cm³/mol. The van der Waals surface area contributed by atoms with E-state index >= 15 is 0 Å². The predicted octanol–water partition coefficient (Wildman–Crippen LogP) is 6.41. The molecular formula is C24H27ClN2O. The van der Waals surface area contributed by atoms with E-state index in [0.29, 0.717) is 12.0 Å². The highest BCUT2D eigenvalue weighted by Gasteiger charge is 2.43. The summed E-state index contributed by atoms with van der Waals surface area (Å²) >= 11 is 6.44. The number of benzene rings is 2. The molecule has 4 heteroatoms. The molecule has 0 saturated heterocycles. The van der Waals surface area contributed by atoms with E-state index in [9.17, 15) is 4.79 Å². The van der Waals surface area contributed by atoms with E-state index in [-0.39, 0.29) is 12.1 Å². The first kappa shape index (κ1) is 18.1. The van der Waals surface area contributed by atoms with E-state index in [1.54, 1.807) is 0 Å². The minimum Gasteiger partial charge on any atom is -0.310 e. The van der Waals surface area contributed by atoms with Crippen LogP contribution >= 0.6 is 11.6 Å². The van der Waals surface area contributed by atoms with Crippen LogP contribution in [-0.4, -0.2) is 23.5 Å². The molecule has 28 heavy (non-hydrogen) atoms. The van der Waals surface area contributed by atoms with Crippen molar-refractivity contribution in [2.24, 2.45) is 5.92 Å². The van der Waals surface area contributed by atoms with Gasteiger partial charge in [0.05, 0.1) is 11.7 Å². The Labute approximate surface area is 172 Å². The molecule has 3 aliphatic rings. The van der Waals surface area contributed by atoms with Crippen LogP contribution in [0.15, 0.2) is 48.5 Å². The van der Waals surface area contributed by atoms with Crippen molar-refractivity contribution < 1.29 is 4.79 Å². The Hall–Kier alpha value is -2.00. The molecule has 1 heterocycles. The summed E-state index contributed by atoms with van der Waals surface area (Å²) in [4.78, 5) is 18.1. The number of carbonyl (C=O) groups is 1. The minimum absolute atomic E-state index is 0.0547. The highest BCUT2D eigenvalue weighted by atomic mass is 35.5. The van der Waals surface area contributed by atoms with Gasteiger partial charge < -0.3 is 4.90 Å². The maximum atomic E-state index is 13.8. The maximum absolute atomic E-state index is 13.8. The van der Waals surface area contributed by atoms with Crippen molar-refractivity contribution in [2.45, 2.75) is 57.0 Å². The van der Waals surface area contributed by atoms with Crippen molar-refractivity contribution in [2.75, 3.05) is 11.4 Å². The van der Waals surface area contributed by atoms with E-state index in [2.05, 4.69) is 35.2 Å². The molecule has 0 bridgehead atoms. The maximum Gasteiger partial charge on any atom is 0.325 e. The second-order valence-electron chi connectivity index (χ2n) is 8.55. The third-order valence-corrected chi connectivity index (χ3v) is 6.76. The van der Waals surface area contributed by atoms with Gasteiger partial charge in [0, 0.05) is 23.2 Å². The molecular weight excluding hydrogens is 368 g/mol. The molecule has 0 spiro atoms. The number of fused-ring (bicyclic) bond motifs is 1. The van der Waals surface area contributed by atoms with Crippen molar-refractivity contribution in [3.8, 4) is 0 Å². The third kappa shape index (κ3) is 3.30. The summed E-state index contributed by atoms with van der Waals surface area (Å²) in [5.74, 6) is 0.647. The van der Waals surface area contributed by atoms with E-state index in [1.807, 2.05) is 23.1 Å². The fourth-order valence-electron chi connectivity index (χ4n) is 4.93. The molecule has 1 aliphatic heterocycles. The Morgan fingerprint density at radius 1 is 0.929 bits per heavy atom. The molecule has 2 saturated carbocycles. The first-order valence-corrected chi connectivity index (χ1v) is 11.0. The van der Waals surface area contributed by atoms with E-state index in [4.69, 9.17) is 11.6 Å². The first-order chi connectivity index (χ1) is 13.7. The van der Waals surface area contributed by atoms with Crippen LogP contribution in [0, 0.1) is 5.92 Å². The second kappa shape index (κ2) is 7.44. The van der Waals surface area contributed by atoms with Crippen LogP contribution in [0.3, 0.4) is 0 Å². The van der Waals surface area contributed by atoms with Gasteiger partial charge in [-0.25, -0.2) is 4.79 Å². The highest BCUT2D eigenvalue weighted by Crippen LogP contribution is 2.46. The number of urea groups is 1. The number of hydrogen-bond donors (Lipinski definition) is 0. The lowest BCUT2D eigenvalue weighted by Crippen LogP contribution is -2.54. The Balaban J connectivity index is 1.65. The van der Waals surface area contributed by atoms with Gasteiger partial charge in [0.15, 0.2) is 0 Å². The lowest BCUT2D eigenvalue weighted by molar-refractivity contribution is 0.136. The average molecular weight is 395 g/mol. The Bertz CT molecular complexity index is 858. The summed E-state index contributed by atoms with van der Waals surface area (Å²) in [5.41, 5.74) is 3.39. The van der Waals surface area contributed by atoms with E-state index in [1.165, 1.54) is 43.2 Å². The molecule has 3 nitrogen and oxygen atoms in total. The van der Waals surface area contributed by atoms with Gasteiger partial charge in [-0.3, -0.25) is 4.90 Å². The summed E-state index contributed by atoms with van der Waals surface area (Å²) in [6.45, 7) is 0.832. The summed E-state index contributed by atoms with van der Waals surface area (Å²) in [5, 5.41) is 0.740. The topological polar surface area (TPSA) is 23.6 Å². The second-order valence-corrected chi connectivity index (χ2v) is 8.99. The molecule has 2 amide bonds. The fourth-order valence-corrected chi connectivity index (χ4v) is 5.11.